The second-order valence-electron chi connectivity index (χ2n) is 40.6. The molecule has 0 amide bonds. The average Bonchev–Trinajstić information content (AvgIpc) is 0.717. The predicted molar refractivity (Wildman–Crippen MR) is 550 cm³/mol. The molecule has 6 aliphatic carbocycles. The Balaban J connectivity index is 0.000000139. The lowest BCUT2D eigenvalue weighted by Gasteiger charge is -2.47. The van der Waals surface area contributed by atoms with Gasteiger partial charge in [0.05, 0.1) is 11.3 Å². The molecular weight excluding hydrogens is 1560 g/mol. The van der Waals surface area contributed by atoms with Crippen molar-refractivity contribution >= 4 is 5.78 Å². The molecule has 2 nitrogen and oxygen atoms in total. The lowest BCUT2D eigenvalue weighted by Crippen LogP contribution is -2.50. The van der Waals surface area contributed by atoms with E-state index >= 15 is 0 Å². The third-order valence-electron chi connectivity index (χ3n) is 31.3. The fourth-order valence-electron chi connectivity index (χ4n) is 21.7. The predicted octanol–water partition coefficient (Wildman–Crippen LogP) is 31.1. The summed E-state index contributed by atoms with van der Waals surface area (Å²) in [5.74, 6) is 17.5. The van der Waals surface area contributed by atoms with Gasteiger partial charge in [0.25, 0.3) is 0 Å². The highest BCUT2D eigenvalue weighted by Crippen LogP contribution is 2.54. The lowest BCUT2D eigenvalue weighted by molar-refractivity contribution is 0.00391. The zero-order valence-electron chi connectivity index (χ0n) is 82.7. The van der Waals surface area contributed by atoms with Crippen LogP contribution in [0, 0.1) is 119 Å². The molecule has 5 unspecified atom stereocenters. The van der Waals surface area contributed by atoms with Gasteiger partial charge < -0.3 is 5.11 Å². The van der Waals surface area contributed by atoms with Crippen LogP contribution in [-0.4, -0.2) is 10.9 Å². The molecule has 666 valence electrons. The molecule has 18 rings (SSSR count). The lowest BCUT2D eigenvalue weighted by atomic mass is 9.59. The van der Waals surface area contributed by atoms with Crippen LogP contribution in [0.3, 0.4) is 0 Å². The van der Waals surface area contributed by atoms with Crippen molar-refractivity contribution in [1.82, 2.24) is 0 Å². The number of Topliss-reactive ketones (excluding diaryl/α,β-unsaturated/α-hetero) is 1. The number of hydrogen-bond donors (Lipinski definition) is 1. The minimum absolute atomic E-state index is 0.0962. The first-order valence-electron chi connectivity index (χ1n) is 48.0. The minimum Gasteiger partial charge on any atom is -0.372 e. The zero-order valence-corrected chi connectivity index (χ0v) is 82.7. The summed E-state index contributed by atoms with van der Waals surface area (Å²) >= 11 is 0. The number of benzene rings is 12. The van der Waals surface area contributed by atoms with E-state index < -0.39 is 11.0 Å². The SMILES string of the molecule is C#CCC.CC#CC1(O)c2ccc(C)cc2CCC1(C)c1ccc(C)cc1.CC#CC1c2ccc(C)cc2CCC1(C)c1ccc(C)cc1.Cc1ccc(C2(C)CCc3cc(C)ccc3C2=O)cc1.Cc1ccc([C@@]2(C)CCc3cc(C)ccc3[C@H]2C)cc1.Cc1ccc([C@@]2(C)CCc3cc(C)ccc3[C@H]2C)cc1.Cc1ccc([C@@]2(C)CCc3cc(C)ccc3[C@H]2C)cc1. The standard InChI is InChI=1S/C22H24O.C22H24.3C20H24.C19H20O.C4H6/c1-5-13-22(23)20-11-8-17(3)15-18(20)12-14-21(22,4)19-9-6-16(2)7-10-19;1-5-6-21-20-12-9-17(3)15-18(20)13-14-22(21,4)19-10-7-16(2)8-11-19;3*1-14-5-8-18(9-6-14)20(4)12-11-17-13-15(2)7-10-19(17)16(20)3;1-13-4-7-16(8-5-13)19(3)11-10-15-12-14(2)6-9-17(15)18(19)20;1-3-4-2/h6-11,15,23H,12,14H2,1-4H3;7-12,15,21H,13-14H2,1-4H3;3*5-10,13,16H,11-12H2,1-4H3;4-9,12H,10-11H2,1-3H3;1H,4H2,2H3/t;;3*16-,20+;;/m..111../s1. The Morgan fingerprint density at radius 2 is 0.589 bits per heavy atom. The van der Waals surface area contributed by atoms with E-state index in [4.69, 9.17) is 6.42 Å². The Morgan fingerprint density at radius 1 is 0.318 bits per heavy atom. The summed E-state index contributed by atoms with van der Waals surface area (Å²) in [6.07, 6.45) is 19.0. The molecule has 0 bridgehead atoms. The van der Waals surface area contributed by atoms with E-state index in [0.29, 0.717) is 17.8 Å². The summed E-state index contributed by atoms with van der Waals surface area (Å²) in [5.41, 5.74) is 39.4. The van der Waals surface area contributed by atoms with Gasteiger partial charge in [0.15, 0.2) is 11.4 Å². The Morgan fingerprint density at radius 3 is 0.938 bits per heavy atom. The fraction of sp³-hybridized carbons (Fsp3) is 0.378. The van der Waals surface area contributed by atoms with Gasteiger partial charge in [0, 0.05) is 22.8 Å². The topological polar surface area (TPSA) is 37.3 Å². The summed E-state index contributed by atoms with van der Waals surface area (Å²) < 4.78 is 0. The Labute approximate surface area is 779 Å². The van der Waals surface area contributed by atoms with Crippen LogP contribution in [0.4, 0.5) is 0 Å². The number of aryl methyl sites for hydroxylation is 18. The van der Waals surface area contributed by atoms with E-state index in [1.54, 1.807) is 40.3 Å². The summed E-state index contributed by atoms with van der Waals surface area (Å²) in [5, 5.41) is 11.7. The van der Waals surface area contributed by atoms with E-state index in [-0.39, 0.29) is 38.8 Å². The maximum absolute atomic E-state index is 12.9. The largest absolute Gasteiger partial charge is 0.372 e. The highest BCUT2D eigenvalue weighted by Gasteiger charge is 2.52. The molecule has 11 atom stereocenters. The quantitative estimate of drug-likeness (QED) is 0.169. The van der Waals surface area contributed by atoms with Crippen LogP contribution in [0.2, 0.25) is 0 Å². The molecule has 1 N–H and O–H groups in total. The van der Waals surface area contributed by atoms with Gasteiger partial charge in [-0.25, -0.2) is 0 Å². The highest BCUT2D eigenvalue weighted by atomic mass is 16.3. The third kappa shape index (κ3) is 20.9. The molecule has 0 aliphatic heterocycles. The normalized spacial score (nSPS) is 23.9. The molecular formula is C127H146O2. The summed E-state index contributed by atoms with van der Waals surface area (Å²) in [6, 6.07) is 93.7. The first kappa shape index (κ1) is 97.0. The monoisotopic (exact) mass is 1700 g/mol. The molecule has 0 heterocycles. The van der Waals surface area contributed by atoms with Crippen molar-refractivity contribution in [1.29, 1.82) is 0 Å². The highest BCUT2D eigenvalue weighted by molar-refractivity contribution is 6.06. The van der Waals surface area contributed by atoms with Crippen molar-refractivity contribution in [2.24, 2.45) is 0 Å². The molecule has 0 saturated heterocycles. The van der Waals surface area contributed by atoms with Crippen LogP contribution >= 0.6 is 0 Å². The van der Waals surface area contributed by atoms with Crippen molar-refractivity contribution in [3.63, 3.8) is 0 Å². The van der Waals surface area contributed by atoms with Gasteiger partial charge in [-0.3, -0.25) is 4.79 Å². The van der Waals surface area contributed by atoms with Crippen LogP contribution in [0.5, 0.6) is 0 Å². The Hall–Kier alpha value is -11.1. The first-order chi connectivity index (χ1) is 61.4. The first-order valence-corrected chi connectivity index (χ1v) is 48.0. The van der Waals surface area contributed by atoms with Crippen LogP contribution in [0.25, 0.3) is 0 Å². The molecule has 12 aromatic carbocycles. The van der Waals surface area contributed by atoms with E-state index in [0.717, 1.165) is 67.2 Å². The van der Waals surface area contributed by atoms with Crippen molar-refractivity contribution in [2.75, 3.05) is 0 Å². The molecule has 0 aromatic heterocycles. The number of hydrogen-bond acceptors (Lipinski definition) is 2. The zero-order chi connectivity index (χ0) is 93.1. The molecule has 12 aromatic rings. The summed E-state index contributed by atoms with van der Waals surface area (Å²) in [6.45, 7) is 52.5. The van der Waals surface area contributed by atoms with Crippen molar-refractivity contribution < 1.29 is 9.90 Å². The number of aliphatic hydroxyl groups is 1. The smallest absolute Gasteiger partial charge is 0.173 e. The molecule has 0 radical (unpaired) electrons. The molecule has 6 aliphatic rings. The van der Waals surface area contributed by atoms with Gasteiger partial charge in [0.1, 0.15) is 0 Å². The van der Waals surface area contributed by atoms with Crippen molar-refractivity contribution in [3.05, 3.63) is 422 Å². The molecule has 129 heavy (non-hydrogen) atoms. The van der Waals surface area contributed by atoms with Crippen molar-refractivity contribution in [3.8, 4) is 36.0 Å². The number of ketones is 1. The van der Waals surface area contributed by atoms with E-state index in [1.807, 2.05) is 26.0 Å². The van der Waals surface area contributed by atoms with Crippen LogP contribution < -0.4 is 0 Å². The van der Waals surface area contributed by atoms with Crippen LogP contribution in [0.1, 0.15) is 323 Å². The molecule has 0 spiro atoms. The van der Waals surface area contributed by atoms with Gasteiger partial charge >= 0.3 is 0 Å². The Kier molecular flexibility index (Phi) is 30.8. The van der Waals surface area contributed by atoms with E-state index in [2.05, 4.69) is 418 Å². The van der Waals surface area contributed by atoms with Gasteiger partial charge in [0.2, 0.25) is 0 Å². The van der Waals surface area contributed by atoms with Crippen LogP contribution in [0.15, 0.2) is 255 Å². The van der Waals surface area contributed by atoms with Gasteiger partial charge in [-0.2, -0.15) is 0 Å². The minimum atomic E-state index is -1.15. The number of fused-ring (bicyclic) bond motifs is 6. The number of carbonyl (C=O) groups is 1. The van der Waals surface area contributed by atoms with Gasteiger partial charge in [-0.05, 0) is 309 Å². The Bertz CT molecular complexity index is 5830. The summed E-state index contributed by atoms with van der Waals surface area (Å²) in [4.78, 5) is 12.9. The van der Waals surface area contributed by atoms with Gasteiger partial charge in [-0.15, -0.1) is 24.2 Å². The van der Waals surface area contributed by atoms with Gasteiger partial charge in [-0.1, -0.05) is 396 Å². The second kappa shape index (κ2) is 40.9. The maximum Gasteiger partial charge on any atom is 0.173 e. The van der Waals surface area contributed by atoms with Crippen LogP contribution in [-0.2, 0) is 76.6 Å². The van der Waals surface area contributed by atoms with E-state index in [9.17, 15) is 9.90 Å². The number of terminal acetylenes is 1. The van der Waals surface area contributed by atoms with Crippen molar-refractivity contribution in [2.45, 2.75) is 311 Å². The van der Waals surface area contributed by atoms with E-state index in [1.165, 1.54) is 150 Å². The molecule has 0 fully saturated rings. The number of rotatable bonds is 6. The average molecular weight is 1700 g/mol. The number of carbonyl (C=O) groups excluding carboxylic acids is 1. The maximum atomic E-state index is 12.9. The summed E-state index contributed by atoms with van der Waals surface area (Å²) in [7, 11) is 0. The molecule has 2 heteroatoms. The third-order valence-corrected chi connectivity index (χ3v) is 31.3. The molecule has 0 saturated carbocycles. The fourth-order valence-corrected chi connectivity index (χ4v) is 21.7. The second-order valence-corrected chi connectivity index (χ2v) is 40.6.